The van der Waals surface area contributed by atoms with Crippen LogP contribution in [0.4, 0.5) is 11.6 Å². The molecule has 0 aliphatic heterocycles. The van der Waals surface area contributed by atoms with Crippen molar-refractivity contribution < 1.29 is 4.52 Å². The van der Waals surface area contributed by atoms with Crippen LogP contribution in [0.2, 0.25) is 0 Å². The fraction of sp³-hybridized carbons (Fsp3) is 0.500. The van der Waals surface area contributed by atoms with Crippen LogP contribution >= 0.6 is 0 Å². The molecule has 2 rings (SSSR count). The zero-order chi connectivity index (χ0) is 13.7. The number of aromatic nitrogens is 4. The van der Waals surface area contributed by atoms with Crippen LogP contribution in [0.5, 0.6) is 0 Å². The predicted molar refractivity (Wildman–Crippen MR) is 71.9 cm³/mol. The maximum atomic E-state index is 4.70. The van der Waals surface area contributed by atoms with Crippen molar-refractivity contribution >= 4 is 11.6 Å². The van der Waals surface area contributed by atoms with E-state index in [0.29, 0.717) is 18.3 Å². The standard InChI is InChI=1S/C12H18N6O/c1-4-13-11-10(8(2)3)12(16-6-15-11)14-5-9-17-7-19-18-9/h6-8H,4-5H2,1-3H3,(H2,13,14,15,16). The minimum Gasteiger partial charge on any atom is -0.370 e. The van der Waals surface area contributed by atoms with Crippen molar-refractivity contribution in [3.05, 3.63) is 24.1 Å². The van der Waals surface area contributed by atoms with E-state index in [2.05, 4.69) is 44.6 Å². The van der Waals surface area contributed by atoms with Gasteiger partial charge in [0.2, 0.25) is 6.39 Å². The van der Waals surface area contributed by atoms with Crippen molar-refractivity contribution in [3.8, 4) is 0 Å². The summed E-state index contributed by atoms with van der Waals surface area (Å²) in [6.07, 6.45) is 2.85. The molecule has 102 valence electrons. The molecule has 0 amide bonds. The summed E-state index contributed by atoms with van der Waals surface area (Å²) >= 11 is 0. The molecule has 19 heavy (non-hydrogen) atoms. The summed E-state index contributed by atoms with van der Waals surface area (Å²) in [5.74, 6) is 2.56. The largest absolute Gasteiger partial charge is 0.370 e. The molecule has 0 saturated carbocycles. The molecular formula is C12H18N6O. The van der Waals surface area contributed by atoms with E-state index >= 15 is 0 Å². The molecule has 0 atom stereocenters. The predicted octanol–water partition coefficient (Wildman–Crippen LogP) is 2.03. The molecule has 2 heterocycles. The average Bonchev–Trinajstić information content (AvgIpc) is 2.89. The fourth-order valence-electron chi connectivity index (χ4n) is 1.82. The summed E-state index contributed by atoms with van der Waals surface area (Å²) in [4.78, 5) is 12.5. The number of hydrogen-bond donors (Lipinski definition) is 2. The van der Waals surface area contributed by atoms with Gasteiger partial charge >= 0.3 is 0 Å². The van der Waals surface area contributed by atoms with E-state index < -0.39 is 0 Å². The Labute approximate surface area is 111 Å². The number of nitrogens with zero attached hydrogens (tertiary/aromatic N) is 4. The Morgan fingerprint density at radius 1 is 1.16 bits per heavy atom. The highest BCUT2D eigenvalue weighted by Gasteiger charge is 2.14. The SMILES string of the molecule is CCNc1ncnc(NCc2ncon2)c1C(C)C. The molecule has 2 aromatic rings. The van der Waals surface area contributed by atoms with E-state index in [1.165, 1.54) is 6.39 Å². The molecule has 0 bridgehead atoms. The van der Waals surface area contributed by atoms with Gasteiger partial charge in [0.15, 0.2) is 5.82 Å². The van der Waals surface area contributed by atoms with Crippen molar-refractivity contribution in [1.29, 1.82) is 0 Å². The highest BCUT2D eigenvalue weighted by atomic mass is 16.5. The molecule has 0 saturated heterocycles. The third kappa shape index (κ3) is 3.18. The van der Waals surface area contributed by atoms with Crippen molar-refractivity contribution in [2.75, 3.05) is 17.2 Å². The fourth-order valence-corrected chi connectivity index (χ4v) is 1.82. The third-order valence-corrected chi connectivity index (χ3v) is 2.63. The maximum absolute atomic E-state index is 4.70. The zero-order valence-electron chi connectivity index (χ0n) is 11.3. The lowest BCUT2D eigenvalue weighted by molar-refractivity contribution is 0.411. The molecular weight excluding hydrogens is 244 g/mol. The molecule has 0 radical (unpaired) electrons. The summed E-state index contributed by atoms with van der Waals surface area (Å²) in [5, 5.41) is 10.2. The van der Waals surface area contributed by atoms with E-state index in [4.69, 9.17) is 4.52 Å². The van der Waals surface area contributed by atoms with Gasteiger partial charge in [-0.3, -0.25) is 0 Å². The zero-order valence-corrected chi connectivity index (χ0v) is 11.3. The van der Waals surface area contributed by atoms with E-state index in [0.717, 1.165) is 23.7 Å². The Morgan fingerprint density at radius 3 is 2.47 bits per heavy atom. The van der Waals surface area contributed by atoms with Gasteiger partial charge in [-0.25, -0.2) is 9.97 Å². The molecule has 7 heteroatoms. The summed E-state index contributed by atoms with van der Waals surface area (Å²) < 4.78 is 4.70. The van der Waals surface area contributed by atoms with Gasteiger partial charge in [-0.15, -0.1) is 0 Å². The van der Waals surface area contributed by atoms with Gasteiger partial charge in [-0.1, -0.05) is 19.0 Å². The molecule has 0 aliphatic rings. The summed E-state index contributed by atoms with van der Waals surface area (Å²) in [5.41, 5.74) is 1.06. The quantitative estimate of drug-likeness (QED) is 0.823. The van der Waals surface area contributed by atoms with Gasteiger partial charge in [0.25, 0.3) is 0 Å². The minimum atomic E-state index is 0.308. The minimum absolute atomic E-state index is 0.308. The second-order valence-electron chi connectivity index (χ2n) is 4.37. The van der Waals surface area contributed by atoms with Crippen LogP contribution in [0.3, 0.4) is 0 Å². The molecule has 0 aromatic carbocycles. The van der Waals surface area contributed by atoms with Gasteiger partial charge < -0.3 is 15.2 Å². The van der Waals surface area contributed by atoms with Crippen LogP contribution in [-0.2, 0) is 6.54 Å². The van der Waals surface area contributed by atoms with Crippen LogP contribution in [0, 0.1) is 0 Å². The third-order valence-electron chi connectivity index (χ3n) is 2.63. The average molecular weight is 262 g/mol. The van der Waals surface area contributed by atoms with Gasteiger partial charge in [0.1, 0.15) is 18.0 Å². The first-order valence-electron chi connectivity index (χ1n) is 6.30. The molecule has 0 fully saturated rings. The Kier molecular flexibility index (Phi) is 4.27. The highest BCUT2D eigenvalue weighted by Crippen LogP contribution is 2.28. The second-order valence-corrected chi connectivity index (χ2v) is 4.37. The van der Waals surface area contributed by atoms with E-state index in [-0.39, 0.29) is 0 Å². The Hall–Kier alpha value is -2.18. The van der Waals surface area contributed by atoms with Crippen LogP contribution < -0.4 is 10.6 Å². The molecule has 2 N–H and O–H groups in total. The maximum Gasteiger partial charge on any atom is 0.213 e. The van der Waals surface area contributed by atoms with Crippen molar-refractivity contribution in [3.63, 3.8) is 0 Å². The number of hydrogen-bond acceptors (Lipinski definition) is 7. The molecule has 0 spiro atoms. The first kappa shape index (κ1) is 13.3. The highest BCUT2D eigenvalue weighted by molar-refractivity contribution is 5.58. The number of anilines is 2. The Balaban J connectivity index is 2.20. The van der Waals surface area contributed by atoms with Gasteiger partial charge in [0.05, 0.1) is 6.54 Å². The van der Waals surface area contributed by atoms with Crippen LogP contribution in [0.1, 0.15) is 38.1 Å². The lowest BCUT2D eigenvalue weighted by atomic mass is 10.0. The first-order valence-corrected chi connectivity index (χ1v) is 6.30. The van der Waals surface area contributed by atoms with E-state index in [1.54, 1.807) is 6.33 Å². The van der Waals surface area contributed by atoms with Crippen LogP contribution in [0.25, 0.3) is 0 Å². The summed E-state index contributed by atoms with van der Waals surface area (Å²) in [6, 6.07) is 0. The van der Waals surface area contributed by atoms with E-state index in [1.807, 2.05) is 6.92 Å². The Morgan fingerprint density at radius 2 is 1.89 bits per heavy atom. The normalized spacial score (nSPS) is 10.7. The lowest BCUT2D eigenvalue weighted by Gasteiger charge is -2.16. The summed E-state index contributed by atoms with van der Waals surface area (Å²) in [6.45, 7) is 7.55. The summed E-state index contributed by atoms with van der Waals surface area (Å²) in [7, 11) is 0. The monoisotopic (exact) mass is 262 g/mol. The smallest absolute Gasteiger partial charge is 0.213 e. The van der Waals surface area contributed by atoms with Crippen molar-refractivity contribution in [2.24, 2.45) is 0 Å². The number of nitrogens with one attached hydrogen (secondary N) is 2. The van der Waals surface area contributed by atoms with Crippen LogP contribution in [-0.4, -0.2) is 26.7 Å². The van der Waals surface area contributed by atoms with Gasteiger partial charge in [0, 0.05) is 12.1 Å². The van der Waals surface area contributed by atoms with Crippen molar-refractivity contribution in [1.82, 2.24) is 20.1 Å². The lowest BCUT2D eigenvalue weighted by Crippen LogP contribution is -2.11. The second kappa shape index (κ2) is 6.12. The van der Waals surface area contributed by atoms with Crippen LogP contribution in [0.15, 0.2) is 17.2 Å². The van der Waals surface area contributed by atoms with Gasteiger partial charge in [-0.2, -0.15) is 4.98 Å². The Bertz CT molecular complexity index is 511. The van der Waals surface area contributed by atoms with E-state index in [9.17, 15) is 0 Å². The van der Waals surface area contributed by atoms with Gasteiger partial charge in [-0.05, 0) is 12.8 Å². The molecule has 2 aromatic heterocycles. The topological polar surface area (TPSA) is 88.8 Å². The number of rotatable bonds is 6. The molecule has 7 nitrogen and oxygen atoms in total. The first-order chi connectivity index (χ1) is 9.22. The van der Waals surface area contributed by atoms with Crippen molar-refractivity contribution in [2.45, 2.75) is 33.2 Å². The molecule has 0 aliphatic carbocycles. The molecule has 0 unspecified atom stereocenters.